The van der Waals surface area contributed by atoms with Gasteiger partial charge in [0.2, 0.25) is 0 Å². The summed E-state index contributed by atoms with van der Waals surface area (Å²) < 4.78 is 2.65. The number of fused-ring (bicyclic) bond motifs is 6. The van der Waals surface area contributed by atoms with Crippen molar-refractivity contribution in [2.45, 2.75) is 0 Å². The highest BCUT2D eigenvalue weighted by Gasteiger charge is 2.21. The standard InChI is InChI=1S/C74H50N2S/c1-4-18-51(19-5-1)56-25-14-28-63(47-56)75(66-44-40-59-46-58(36-37-60(59)49-66)53-22-8-3-9-23-53)64-29-16-27-61(50-64)67-31-12-13-35-72(67)76(65-30-15-26-57(48-65)52-20-6-2-7-21-52)62-42-38-55(39-43-62)69-33-17-34-70-71-45-41-54-24-10-11-32-68(54)74(71)77-73(69)70/h1-50H. The summed E-state index contributed by atoms with van der Waals surface area (Å²) >= 11 is 1.90. The number of rotatable bonds is 11. The maximum atomic E-state index is 2.43. The van der Waals surface area contributed by atoms with Crippen molar-refractivity contribution in [1.82, 2.24) is 0 Å². The molecule has 0 aliphatic rings. The molecular weight excluding hydrogens is 949 g/mol. The van der Waals surface area contributed by atoms with E-state index in [1.165, 1.54) is 75.1 Å². The van der Waals surface area contributed by atoms with Crippen LogP contribution >= 0.6 is 11.3 Å². The molecule has 0 N–H and O–H groups in total. The fourth-order valence-electron chi connectivity index (χ4n) is 11.2. The molecule has 1 aromatic heterocycles. The van der Waals surface area contributed by atoms with E-state index in [1.54, 1.807) is 0 Å². The molecule has 14 aromatic rings. The van der Waals surface area contributed by atoms with Gasteiger partial charge in [-0.3, -0.25) is 0 Å². The average molecular weight is 999 g/mol. The highest BCUT2D eigenvalue weighted by molar-refractivity contribution is 7.27. The largest absolute Gasteiger partial charge is 0.310 e. The van der Waals surface area contributed by atoms with Gasteiger partial charge in [-0.15, -0.1) is 11.3 Å². The van der Waals surface area contributed by atoms with Gasteiger partial charge in [0, 0.05) is 54.2 Å². The molecule has 0 unspecified atom stereocenters. The Morgan fingerprint density at radius 1 is 0.208 bits per heavy atom. The van der Waals surface area contributed by atoms with Gasteiger partial charge in [-0.25, -0.2) is 0 Å². The second kappa shape index (κ2) is 19.8. The number of benzene rings is 13. The van der Waals surface area contributed by atoms with E-state index in [-0.39, 0.29) is 0 Å². The molecule has 3 heteroatoms. The van der Waals surface area contributed by atoms with Crippen LogP contribution in [0.1, 0.15) is 0 Å². The summed E-state index contributed by atoms with van der Waals surface area (Å²) in [6, 6.07) is 111. The van der Waals surface area contributed by atoms with Crippen molar-refractivity contribution in [3.8, 4) is 55.6 Å². The minimum atomic E-state index is 1.06. The summed E-state index contributed by atoms with van der Waals surface area (Å²) in [6.07, 6.45) is 0. The molecule has 0 atom stereocenters. The molecule has 1 heterocycles. The lowest BCUT2D eigenvalue weighted by atomic mass is 9.98. The summed E-state index contributed by atoms with van der Waals surface area (Å²) in [6.45, 7) is 0. The van der Waals surface area contributed by atoms with Crippen LogP contribution in [0.3, 0.4) is 0 Å². The maximum Gasteiger partial charge on any atom is 0.0540 e. The van der Waals surface area contributed by atoms with Crippen molar-refractivity contribution in [1.29, 1.82) is 0 Å². The molecule has 362 valence electrons. The summed E-state index contributed by atoms with van der Waals surface area (Å²) in [4.78, 5) is 4.83. The fourth-order valence-corrected chi connectivity index (χ4v) is 12.6. The van der Waals surface area contributed by atoms with Gasteiger partial charge in [-0.1, -0.05) is 231 Å². The highest BCUT2D eigenvalue weighted by atomic mass is 32.1. The van der Waals surface area contributed by atoms with E-state index in [1.807, 2.05) is 11.3 Å². The SMILES string of the molecule is c1ccc(-c2cccc(N(c3cccc(-c4ccccc4N(c4ccc(-c5cccc6c5sc5c7ccccc7ccc65)cc4)c4cccc(-c5ccccc5)c4)c3)c3ccc4cc(-c5ccccc5)ccc4c3)c2)cc1. The van der Waals surface area contributed by atoms with Gasteiger partial charge >= 0.3 is 0 Å². The quantitative estimate of drug-likeness (QED) is 0.127. The van der Waals surface area contributed by atoms with Crippen LogP contribution in [0.2, 0.25) is 0 Å². The number of nitrogens with zero attached hydrogens (tertiary/aromatic N) is 2. The number of thiophene rings is 1. The molecule has 0 saturated carbocycles. The van der Waals surface area contributed by atoms with Gasteiger partial charge in [0.05, 0.1) is 5.69 Å². The van der Waals surface area contributed by atoms with Crippen molar-refractivity contribution < 1.29 is 0 Å². The number of anilines is 6. The lowest BCUT2D eigenvalue weighted by Crippen LogP contribution is -2.12. The summed E-state index contributed by atoms with van der Waals surface area (Å²) in [5.41, 5.74) is 18.2. The highest BCUT2D eigenvalue weighted by Crippen LogP contribution is 2.47. The molecule has 0 aliphatic carbocycles. The second-order valence-corrected chi connectivity index (χ2v) is 20.7. The molecule has 13 aromatic carbocycles. The van der Waals surface area contributed by atoms with Crippen molar-refractivity contribution in [2.24, 2.45) is 0 Å². The van der Waals surface area contributed by atoms with Crippen LogP contribution in [-0.4, -0.2) is 0 Å². The van der Waals surface area contributed by atoms with E-state index in [2.05, 4.69) is 313 Å². The first-order chi connectivity index (χ1) is 38.2. The molecule has 2 nitrogen and oxygen atoms in total. The third kappa shape index (κ3) is 8.69. The Morgan fingerprint density at radius 3 is 1.34 bits per heavy atom. The van der Waals surface area contributed by atoms with E-state index in [0.29, 0.717) is 0 Å². The van der Waals surface area contributed by atoms with Crippen molar-refractivity contribution in [3.63, 3.8) is 0 Å². The molecular formula is C74H50N2S. The summed E-state index contributed by atoms with van der Waals surface area (Å²) in [7, 11) is 0. The van der Waals surface area contributed by atoms with Crippen molar-refractivity contribution >= 4 is 87.2 Å². The first kappa shape index (κ1) is 45.8. The molecule has 0 fully saturated rings. The van der Waals surface area contributed by atoms with Gasteiger partial charge in [0.25, 0.3) is 0 Å². The molecule has 77 heavy (non-hydrogen) atoms. The predicted molar refractivity (Wildman–Crippen MR) is 331 cm³/mol. The van der Waals surface area contributed by atoms with Crippen molar-refractivity contribution in [2.75, 3.05) is 9.80 Å². The number of hydrogen-bond acceptors (Lipinski definition) is 3. The zero-order valence-electron chi connectivity index (χ0n) is 42.2. The van der Waals surface area contributed by atoms with Gasteiger partial charge < -0.3 is 9.80 Å². The number of hydrogen-bond donors (Lipinski definition) is 0. The van der Waals surface area contributed by atoms with Crippen LogP contribution in [0, 0.1) is 0 Å². The van der Waals surface area contributed by atoms with Crippen LogP contribution in [0.4, 0.5) is 34.1 Å². The van der Waals surface area contributed by atoms with Crippen LogP contribution in [0.5, 0.6) is 0 Å². The lowest BCUT2D eigenvalue weighted by Gasteiger charge is -2.29. The van der Waals surface area contributed by atoms with Crippen LogP contribution in [-0.2, 0) is 0 Å². The first-order valence-electron chi connectivity index (χ1n) is 26.3. The second-order valence-electron chi connectivity index (χ2n) is 19.7. The van der Waals surface area contributed by atoms with E-state index in [9.17, 15) is 0 Å². The van der Waals surface area contributed by atoms with Gasteiger partial charge in [0.1, 0.15) is 0 Å². The summed E-state index contributed by atoms with van der Waals surface area (Å²) in [5.74, 6) is 0. The minimum absolute atomic E-state index is 1.06. The minimum Gasteiger partial charge on any atom is -0.310 e. The lowest BCUT2D eigenvalue weighted by molar-refractivity contribution is 1.27. The molecule has 14 rings (SSSR count). The van der Waals surface area contributed by atoms with E-state index in [4.69, 9.17) is 0 Å². The molecule has 0 saturated heterocycles. The fraction of sp³-hybridized carbons (Fsp3) is 0. The van der Waals surface area contributed by atoms with Crippen molar-refractivity contribution in [3.05, 3.63) is 303 Å². The normalized spacial score (nSPS) is 11.4. The Morgan fingerprint density at radius 2 is 0.649 bits per heavy atom. The Bertz CT molecular complexity index is 4450. The number of para-hydroxylation sites is 1. The van der Waals surface area contributed by atoms with Gasteiger partial charge in [-0.2, -0.15) is 0 Å². The van der Waals surface area contributed by atoms with Gasteiger partial charge in [0.15, 0.2) is 0 Å². The van der Waals surface area contributed by atoms with Crippen LogP contribution in [0.15, 0.2) is 303 Å². The molecule has 0 spiro atoms. The van der Waals surface area contributed by atoms with Crippen LogP contribution in [0.25, 0.3) is 97.4 Å². The monoisotopic (exact) mass is 998 g/mol. The molecule has 0 aliphatic heterocycles. The Labute approximate surface area is 453 Å². The maximum absolute atomic E-state index is 2.43. The molecule has 0 bridgehead atoms. The summed E-state index contributed by atoms with van der Waals surface area (Å²) in [5, 5.41) is 7.57. The Kier molecular flexibility index (Phi) is 11.8. The molecule has 0 radical (unpaired) electrons. The topological polar surface area (TPSA) is 6.48 Å². The zero-order chi connectivity index (χ0) is 51.1. The zero-order valence-corrected chi connectivity index (χ0v) is 43.0. The smallest absolute Gasteiger partial charge is 0.0540 e. The van der Waals surface area contributed by atoms with Crippen LogP contribution < -0.4 is 9.80 Å². The third-order valence-electron chi connectivity index (χ3n) is 15.0. The third-order valence-corrected chi connectivity index (χ3v) is 16.3. The Balaban J connectivity index is 0.896. The predicted octanol–water partition coefficient (Wildman–Crippen LogP) is 21.6. The van der Waals surface area contributed by atoms with E-state index >= 15 is 0 Å². The molecule has 0 amide bonds. The first-order valence-corrected chi connectivity index (χ1v) is 27.1. The van der Waals surface area contributed by atoms with Gasteiger partial charge in [-0.05, 0) is 144 Å². The van der Waals surface area contributed by atoms with E-state index < -0.39 is 0 Å². The average Bonchev–Trinajstić information content (AvgIpc) is 3.94. The van der Waals surface area contributed by atoms with E-state index in [0.717, 1.165) is 56.4 Å². The Hall–Kier alpha value is -9.80.